The Morgan fingerprint density at radius 3 is 2.52 bits per heavy atom. The number of amides is 1. The molecule has 0 aromatic heterocycles. The molecular weight excluding hydrogens is 316 g/mol. The zero-order valence-electron chi connectivity index (χ0n) is 12.7. The molecule has 0 heterocycles. The number of rotatable bonds is 6. The Hall–Kier alpha value is -2.54. The lowest BCUT2D eigenvalue weighted by atomic mass is 10.2. The maximum Gasteiger partial charge on any atom is 0.273 e. The van der Waals surface area contributed by atoms with Gasteiger partial charge in [0.25, 0.3) is 11.6 Å². The van der Waals surface area contributed by atoms with Crippen LogP contribution in [0, 0.1) is 10.1 Å². The van der Waals surface area contributed by atoms with Gasteiger partial charge in [0, 0.05) is 16.5 Å². The molecule has 1 N–H and O–H groups in total. The van der Waals surface area contributed by atoms with Gasteiger partial charge in [0.05, 0.1) is 23.8 Å². The summed E-state index contributed by atoms with van der Waals surface area (Å²) in [6.45, 7) is 2.06. The quantitative estimate of drug-likeness (QED) is 0.492. The van der Waals surface area contributed by atoms with Gasteiger partial charge in [-0.05, 0) is 36.1 Å². The van der Waals surface area contributed by atoms with Crippen LogP contribution in [-0.2, 0) is 0 Å². The number of nitro benzene ring substituents is 1. The lowest BCUT2D eigenvalue weighted by Gasteiger charge is -2.10. The van der Waals surface area contributed by atoms with Crippen molar-refractivity contribution in [3.05, 3.63) is 58.1 Å². The number of nitrogens with zero attached hydrogens (tertiary/aromatic N) is 1. The molecule has 0 spiro atoms. The van der Waals surface area contributed by atoms with Gasteiger partial charge in [-0.2, -0.15) is 0 Å². The lowest BCUT2D eigenvalue weighted by molar-refractivity contribution is -0.384. The van der Waals surface area contributed by atoms with E-state index in [0.29, 0.717) is 11.3 Å². The number of nitro groups is 1. The van der Waals surface area contributed by atoms with E-state index in [2.05, 4.69) is 12.2 Å². The summed E-state index contributed by atoms with van der Waals surface area (Å²) < 4.78 is 5.10. The Morgan fingerprint density at radius 1 is 1.26 bits per heavy atom. The van der Waals surface area contributed by atoms with Gasteiger partial charge < -0.3 is 10.1 Å². The van der Waals surface area contributed by atoms with Crippen molar-refractivity contribution in [3.8, 4) is 5.75 Å². The van der Waals surface area contributed by atoms with Crippen molar-refractivity contribution in [2.45, 2.75) is 11.8 Å². The second-order valence-electron chi connectivity index (χ2n) is 4.55. The van der Waals surface area contributed by atoms with E-state index in [4.69, 9.17) is 4.74 Å². The third-order valence-electron chi connectivity index (χ3n) is 3.07. The highest BCUT2D eigenvalue weighted by atomic mass is 32.2. The van der Waals surface area contributed by atoms with E-state index in [1.807, 2.05) is 12.1 Å². The van der Waals surface area contributed by atoms with Crippen LogP contribution in [0.2, 0.25) is 0 Å². The highest BCUT2D eigenvalue weighted by Gasteiger charge is 2.14. The van der Waals surface area contributed by atoms with Gasteiger partial charge >= 0.3 is 0 Å². The number of hydrogen-bond acceptors (Lipinski definition) is 5. The third-order valence-corrected chi connectivity index (χ3v) is 3.97. The van der Waals surface area contributed by atoms with Gasteiger partial charge in [-0.3, -0.25) is 14.9 Å². The van der Waals surface area contributed by atoms with E-state index in [1.165, 1.54) is 25.3 Å². The van der Waals surface area contributed by atoms with E-state index >= 15 is 0 Å². The summed E-state index contributed by atoms with van der Waals surface area (Å²) in [6.07, 6.45) is 0. The van der Waals surface area contributed by atoms with Crippen LogP contribution in [0.5, 0.6) is 5.75 Å². The van der Waals surface area contributed by atoms with Crippen molar-refractivity contribution in [1.29, 1.82) is 0 Å². The van der Waals surface area contributed by atoms with Crippen LogP contribution in [0.3, 0.4) is 0 Å². The zero-order chi connectivity index (χ0) is 16.8. The van der Waals surface area contributed by atoms with Crippen molar-refractivity contribution in [2.75, 3.05) is 18.2 Å². The molecule has 0 radical (unpaired) electrons. The number of thioether (sulfide) groups is 1. The number of non-ortho nitro benzene ring substituents is 1. The number of ether oxygens (including phenoxy) is 1. The summed E-state index contributed by atoms with van der Waals surface area (Å²) >= 11 is 1.69. The van der Waals surface area contributed by atoms with E-state index in [-0.39, 0.29) is 17.3 Å². The van der Waals surface area contributed by atoms with Gasteiger partial charge in [-0.15, -0.1) is 11.8 Å². The summed E-state index contributed by atoms with van der Waals surface area (Å²) in [5.74, 6) is 0.904. The largest absolute Gasteiger partial charge is 0.494 e. The predicted molar refractivity (Wildman–Crippen MR) is 90.4 cm³/mol. The van der Waals surface area contributed by atoms with Crippen LogP contribution < -0.4 is 10.1 Å². The first-order chi connectivity index (χ1) is 11.0. The van der Waals surface area contributed by atoms with Crippen LogP contribution in [0.1, 0.15) is 17.3 Å². The molecule has 1 amide bonds. The molecule has 2 aromatic carbocycles. The van der Waals surface area contributed by atoms with Crippen LogP contribution in [0.4, 0.5) is 11.4 Å². The molecule has 0 aliphatic carbocycles. The van der Waals surface area contributed by atoms with Crippen molar-refractivity contribution in [3.63, 3.8) is 0 Å². The Morgan fingerprint density at radius 2 is 1.96 bits per heavy atom. The first kappa shape index (κ1) is 16.8. The fraction of sp³-hybridized carbons (Fsp3) is 0.188. The van der Waals surface area contributed by atoms with Crippen LogP contribution in [0.25, 0.3) is 0 Å². The normalized spacial score (nSPS) is 10.2. The Bertz CT molecular complexity index is 717. The minimum absolute atomic E-state index is 0.0965. The number of anilines is 1. The summed E-state index contributed by atoms with van der Waals surface area (Å²) in [7, 11) is 1.39. The fourth-order valence-electron chi connectivity index (χ4n) is 1.96. The van der Waals surface area contributed by atoms with E-state index in [0.717, 1.165) is 10.6 Å². The summed E-state index contributed by atoms with van der Waals surface area (Å²) in [6, 6.07) is 11.3. The van der Waals surface area contributed by atoms with Gasteiger partial charge in [0.1, 0.15) is 5.75 Å². The first-order valence-corrected chi connectivity index (χ1v) is 7.90. The smallest absolute Gasteiger partial charge is 0.273 e. The predicted octanol–water partition coefficient (Wildman–Crippen LogP) is 3.97. The molecule has 0 atom stereocenters. The number of nitrogens with one attached hydrogen (secondary N) is 1. The molecule has 0 bridgehead atoms. The molecule has 0 saturated heterocycles. The van der Waals surface area contributed by atoms with Gasteiger partial charge in [0.15, 0.2) is 0 Å². The monoisotopic (exact) mass is 332 g/mol. The second kappa shape index (κ2) is 7.64. The molecule has 2 aromatic rings. The van der Waals surface area contributed by atoms with Crippen LogP contribution >= 0.6 is 11.8 Å². The first-order valence-electron chi connectivity index (χ1n) is 6.91. The molecule has 0 aliphatic heterocycles. The van der Waals surface area contributed by atoms with Gasteiger partial charge in [-0.1, -0.05) is 6.92 Å². The summed E-state index contributed by atoms with van der Waals surface area (Å²) in [4.78, 5) is 23.6. The molecule has 0 aliphatic rings. The number of methoxy groups -OCH3 is 1. The minimum atomic E-state index is -0.516. The van der Waals surface area contributed by atoms with Gasteiger partial charge in [-0.25, -0.2) is 0 Å². The second-order valence-corrected chi connectivity index (χ2v) is 5.89. The van der Waals surface area contributed by atoms with Crippen molar-refractivity contribution in [2.24, 2.45) is 0 Å². The van der Waals surface area contributed by atoms with Gasteiger partial charge in [0.2, 0.25) is 0 Å². The highest BCUT2D eigenvalue weighted by Crippen LogP contribution is 2.29. The Balaban J connectivity index is 2.17. The summed E-state index contributed by atoms with van der Waals surface area (Å²) in [5, 5.41) is 13.5. The minimum Gasteiger partial charge on any atom is -0.494 e. The van der Waals surface area contributed by atoms with E-state index in [1.54, 1.807) is 23.9 Å². The Labute approximate surface area is 138 Å². The zero-order valence-corrected chi connectivity index (χ0v) is 13.6. The van der Waals surface area contributed by atoms with Crippen molar-refractivity contribution >= 4 is 29.0 Å². The average molecular weight is 332 g/mol. The van der Waals surface area contributed by atoms with E-state index in [9.17, 15) is 14.9 Å². The molecule has 6 nitrogen and oxygen atoms in total. The molecular formula is C16H16N2O4S. The molecule has 23 heavy (non-hydrogen) atoms. The average Bonchev–Trinajstić information content (AvgIpc) is 2.56. The Kier molecular flexibility index (Phi) is 5.59. The molecule has 0 saturated carbocycles. The fourth-order valence-corrected chi connectivity index (χ4v) is 2.62. The number of carbonyl (C=O) groups is 1. The van der Waals surface area contributed by atoms with Crippen LogP contribution in [0.15, 0.2) is 47.4 Å². The molecule has 0 fully saturated rings. The lowest BCUT2D eigenvalue weighted by Crippen LogP contribution is -2.12. The van der Waals surface area contributed by atoms with Crippen LogP contribution in [-0.4, -0.2) is 23.7 Å². The highest BCUT2D eigenvalue weighted by molar-refractivity contribution is 7.99. The number of carbonyl (C=O) groups excluding carboxylic acids is 1. The molecule has 0 unspecified atom stereocenters. The van der Waals surface area contributed by atoms with Crippen molar-refractivity contribution in [1.82, 2.24) is 0 Å². The number of benzene rings is 2. The van der Waals surface area contributed by atoms with E-state index < -0.39 is 4.92 Å². The molecule has 7 heteroatoms. The topological polar surface area (TPSA) is 81.5 Å². The maximum atomic E-state index is 12.3. The SMILES string of the molecule is CCSc1ccc(C(=O)Nc2ccc([N+](=O)[O-])cc2OC)cc1. The summed E-state index contributed by atoms with van der Waals surface area (Å²) in [5.41, 5.74) is 0.793. The maximum absolute atomic E-state index is 12.3. The standard InChI is InChI=1S/C16H16N2O4S/c1-3-23-13-7-4-11(5-8-13)16(19)17-14-9-6-12(18(20)21)10-15(14)22-2/h4-10H,3H2,1-2H3,(H,17,19). The molecule has 120 valence electrons. The number of hydrogen-bond donors (Lipinski definition) is 1. The molecule has 2 rings (SSSR count). The van der Waals surface area contributed by atoms with Crippen molar-refractivity contribution < 1.29 is 14.5 Å². The third kappa shape index (κ3) is 4.23.